The van der Waals surface area contributed by atoms with Gasteiger partial charge in [0.15, 0.2) is 0 Å². The van der Waals surface area contributed by atoms with Crippen LogP contribution in [-0.4, -0.2) is 33.9 Å². The number of hydrogen-bond acceptors (Lipinski definition) is 6. The molecule has 0 amide bonds. The van der Waals surface area contributed by atoms with E-state index in [-0.39, 0.29) is 0 Å². The lowest BCUT2D eigenvalue weighted by Crippen LogP contribution is -2.06. The summed E-state index contributed by atoms with van der Waals surface area (Å²) in [6.07, 6.45) is 1.82. The van der Waals surface area contributed by atoms with Crippen LogP contribution in [0, 0.1) is 13.8 Å². The van der Waals surface area contributed by atoms with E-state index in [4.69, 9.17) is 24.0 Å². The van der Waals surface area contributed by atoms with E-state index in [9.17, 15) is 0 Å². The first-order chi connectivity index (χ1) is 15.6. The highest BCUT2D eigenvalue weighted by atomic mass is 16.5. The van der Waals surface area contributed by atoms with Crippen LogP contribution in [0.2, 0.25) is 0 Å². The standard InChI is InChI=1S/C25H24N4O3/c1-15-24(16(2)32-28-15)19-10-20-18(11-22(19)31-4)25-21(12-26-20)27-23(14-30-3)29(25)13-17-8-6-5-7-9-17/h5-12H,13-14H2,1-4H3. The zero-order valence-electron chi connectivity index (χ0n) is 18.5. The van der Waals surface area contributed by atoms with E-state index in [0.29, 0.717) is 13.2 Å². The van der Waals surface area contributed by atoms with Crippen LogP contribution < -0.4 is 4.74 Å². The van der Waals surface area contributed by atoms with Crippen LogP contribution >= 0.6 is 0 Å². The minimum Gasteiger partial charge on any atom is -0.496 e. The Balaban J connectivity index is 1.78. The highest BCUT2D eigenvalue weighted by Crippen LogP contribution is 2.39. The van der Waals surface area contributed by atoms with Gasteiger partial charge in [-0.2, -0.15) is 0 Å². The smallest absolute Gasteiger partial charge is 0.141 e. The molecule has 5 aromatic rings. The van der Waals surface area contributed by atoms with Gasteiger partial charge in [0.2, 0.25) is 0 Å². The van der Waals surface area contributed by atoms with E-state index >= 15 is 0 Å². The minimum atomic E-state index is 0.414. The number of aromatic nitrogens is 4. The van der Waals surface area contributed by atoms with Crippen LogP contribution in [0.25, 0.3) is 33.1 Å². The fourth-order valence-corrected chi connectivity index (χ4v) is 4.30. The molecule has 0 aliphatic heterocycles. The quantitative estimate of drug-likeness (QED) is 0.376. The third-order valence-electron chi connectivity index (χ3n) is 5.73. The molecule has 2 aromatic carbocycles. The number of imidazole rings is 1. The van der Waals surface area contributed by atoms with E-state index in [2.05, 4.69) is 21.9 Å². The van der Waals surface area contributed by atoms with Gasteiger partial charge in [0.05, 0.1) is 35.6 Å². The zero-order valence-corrected chi connectivity index (χ0v) is 18.5. The van der Waals surface area contributed by atoms with Gasteiger partial charge in [0.1, 0.15) is 29.5 Å². The molecule has 0 radical (unpaired) electrons. The van der Waals surface area contributed by atoms with Gasteiger partial charge < -0.3 is 18.6 Å². The Morgan fingerprint density at radius 3 is 2.53 bits per heavy atom. The SMILES string of the molecule is COCc1nc2cnc3cc(-c4c(C)noc4C)c(OC)cc3c2n1Cc1ccccc1. The molecular weight excluding hydrogens is 404 g/mol. The molecule has 0 saturated carbocycles. The van der Waals surface area contributed by atoms with Crippen molar-refractivity contribution in [2.75, 3.05) is 14.2 Å². The van der Waals surface area contributed by atoms with Crippen molar-refractivity contribution in [2.45, 2.75) is 27.0 Å². The largest absolute Gasteiger partial charge is 0.496 e. The molecule has 5 rings (SSSR count). The number of hydrogen-bond donors (Lipinski definition) is 0. The van der Waals surface area contributed by atoms with Gasteiger partial charge in [-0.1, -0.05) is 35.5 Å². The molecule has 3 aromatic heterocycles. The Kier molecular flexibility index (Phi) is 5.11. The van der Waals surface area contributed by atoms with Crippen molar-refractivity contribution < 1.29 is 14.0 Å². The number of fused-ring (bicyclic) bond motifs is 3. The molecule has 0 aliphatic carbocycles. The number of nitrogens with zero attached hydrogens (tertiary/aromatic N) is 4. The van der Waals surface area contributed by atoms with Gasteiger partial charge in [0.25, 0.3) is 0 Å². The molecule has 0 atom stereocenters. The number of pyridine rings is 1. The highest BCUT2D eigenvalue weighted by Gasteiger charge is 2.20. The van der Waals surface area contributed by atoms with Gasteiger partial charge in [-0.15, -0.1) is 0 Å². The third-order valence-corrected chi connectivity index (χ3v) is 5.73. The molecule has 0 N–H and O–H groups in total. The molecular formula is C25H24N4O3. The molecule has 32 heavy (non-hydrogen) atoms. The summed E-state index contributed by atoms with van der Waals surface area (Å²) in [6, 6.07) is 14.4. The lowest BCUT2D eigenvalue weighted by atomic mass is 10.0. The highest BCUT2D eigenvalue weighted by molar-refractivity contribution is 6.05. The fourth-order valence-electron chi connectivity index (χ4n) is 4.30. The summed E-state index contributed by atoms with van der Waals surface area (Å²) in [5.41, 5.74) is 6.54. The Morgan fingerprint density at radius 2 is 1.84 bits per heavy atom. The first-order valence-electron chi connectivity index (χ1n) is 10.4. The van der Waals surface area contributed by atoms with Crippen LogP contribution in [0.3, 0.4) is 0 Å². The second-order valence-electron chi connectivity index (χ2n) is 7.79. The topological polar surface area (TPSA) is 75.2 Å². The van der Waals surface area contributed by atoms with E-state index < -0.39 is 0 Å². The molecule has 0 unspecified atom stereocenters. The number of aryl methyl sites for hydroxylation is 2. The van der Waals surface area contributed by atoms with Crippen LogP contribution in [0.5, 0.6) is 5.75 Å². The number of benzene rings is 2. The molecule has 0 bridgehead atoms. The normalized spacial score (nSPS) is 11.5. The summed E-state index contributed by atoms with van der Waals surface area (Å²) < 4.78 is 18.8. The summed E-state index contributed by atoms with van der Waals surface area (Å²) in [5.74, 6) is 2.34. The van der Waals surface area contributed by atoms with Gasteiger partial charge in [-0.25, -0.2) is 4.98 Å². The molecule has 0 saturated heterocycles. The van der Waals surface area contributed by atoms with Crippen molar-refractivity contribution in [2.24, 2.45) is 0 Å². The summed E-state index contributed by atoms with van der Waals surface area (Å²) in [5, 5.41) is 5.08. The van der Waals surface area contributed by atoms with E-state index in [1.807, 2.05) is 50.4 Å². The van der Waals surface area contributed by atoms with Crippen molar-refractivity contribution in [3.8, 4) is 16.9 Å². The lowest BCUT2D eigenvalue weighted by molar-refractivity contribution is 0.175. The predicted octanol–water partition coefficient (Wildman–Crippen LogP) is 5.06. The minimum absolute atomic E-state index is 0.414. The maximum absolute atomic E-state index is 5.80. The number of ether oxygens (including phenoxy) is 2. The van der Waals surface area contributed by atoms with Crippen molar-refractivity contribution in [1.82, 2.24) is 19.7 Å². The average molecular weight is 428 g/mol. The van der Waals surface area contributed by atoms with E-state index in [1.165, 1.54) is 5.56 Å². The van der Waals surface area contributed by atoms with Gasteiger partial charge in [-0.3, -0.25) is 4.98 Å². The van der Waals surface area contributed by atoms with Crippen LogP contribution in [0.1, 0.15) is 22.8 Å². The molecule has 7 nitrogen and oxygen atoms in total. The van der Waals surface area contributed by atoms with Crippen LogP contribution in [0.15, 0.2) is 53.2 Å². The number of methoxy groups -OCH3 is 2. The molecule has 3 heterocycles. The Morgan fingerprint density at radius 1 is 1.03 bits per heavy atom. The molecule has 0 fully saturated rings. The number of rotatable bonds is 6. The van der Waals surface area contributed by atoms with E-state index in [0.717, 1.165) is 56.1 Å². The maximum Gasteiger partial charge on any atom is 0.141 e. The van der Waals surface area contributed by atoms with Crippen LogP contribution in [-0.2, 0) is 17.9 Å². The second-order valence-corrected chi connectivity index (χ2v) is 7.79. The average Bonchev–Trinajstić information content (AvgIpc) is 3.33. The summed E-state index contributed by atoms with van der Waals surface area (Å²) in [6.45, 7) is 4.93. The Labute approximate surface area is 185 Å². The maximum atomic E-state index is 5.80. The van der Waals surface area contributed by atoms with Crippen molar-refractivity contribution in [1.29, 1.82) is 0 Å². The van der Waals surface area contributed by atoms with Crippen molar-refractivity contribution >= 4 is 21.9 Å². The Hall–Kier alpha value is -3.71. The van der Waals surface area contributed by atoms with Crippen LogP contribution in [0.4, 0.5) is 0 Å². The first kappa shape index (κ1) is 20.2. The third kappa shape index (κ3) is 3.31. The first-order valence-corrected chi connectivity index (χ1v) is 10.4. The second kappa shape index (κ2) is 8.09. The van der Waals surface area contributed by atoms with Gasteiger partial charge >= 0.3 is 0 Å². The molecule has 162 valence electrons. The predicted molar refractivity (Wildman–Crippen MR) is 123 cm³/mol. The molecule has 0 aliphatic rings. The van der Waals surface area contributed by atoms with Gasteiger partial charge in [0, 0.05) is 24.6 Å². The van der Waals surface area contributed by atoms with E-state index in [1.54, 1.807) is 14.2 Å². The fraction of sp³-hybridized carbons (Fsp3) is 0.240. The van der Waals surface area contributed by atoms with Gasteiger partial charge in [-0.05, 0) is 31.5 Å². The Bertz CT molecular complexity index is 1400. The van der Waals surface area contributed by atoms with Crippen molar-refractivity contribution in [3.63, 3.8) is 0 Å². The zero-order chi connectivity index (χ0) is 22.2. The monoisotopic (exact) mass is 428 g/mol. The lowest BCUT2D eigenvalue weighted by Gasteiger charge is -2.13. The summed E-state index contributed by atoms with van der Waals surface area (Å²) in [7, 11) is 3.36. The summed E-state index contributed by atoms with van der Waals surface area (Å²) in [4.78, 5) is 9.53. The summed E-state index contributed by atoms with van der Waals surface area (Å²) >= 11 is 0. The van der Waals surface area contributed by atoms with Crippen molar-refractivity contribution in [3.05, 3.63) is 71.5 Å². The molecule has 0 spiro atoms. The molecule has 7 heteroatoms.